The van der Waals surface area contributed by atoms with Gasteiger partial charge in [-0.2, -0.15) is 0 Å². The average molecular weight is 243 g/mol. The summed E-state index contributed by atoms with van der Waals surface area (Å²) in [5.74, 6) is -0.420. The molecule has 0 fully saturated rings. The van der Waals surface area contributed by atoms with Gasteiger partial charge in [0.15, 0.2) is 0 Å². The Balaban J connectivity index is 2.14. The van der Waals surface area contributed by atoms with Crippen molar-refractivity contribution in [3.05, 3.63) is 54.0 Å². The fraction of sp³-hybridized carbons (Fsp3) is 0.154. The first kappa shape index (κ1) is 12.0. The number of carboxylic acid groups (broad SMARTS) is 1. The smallest absolute Gasteiger partial charge is 0.335 e. The van der Waals surface area contributed by atoms with E-state index in [1.54, 1.807) is 12.4 Å². The maximum Gasteiger partial charge on any atom is 0.335 e. The molecule has 1 atom stereocenters. The van der Waals surface area contributed by atoms with Crippen LogP contribution in [0.1, 0.15) is 28.9 Å². The fourth-order valence-electron chi connectivity index (χ4n) is 1.60. The minimum atomic E-state index is -0.961. The molecule has 0 aliphatic rings. The Kier molecular flexibility index (Phi) is 3.52. The molecule has 2 aromatic heterocycles. The topological polar surface area (TPSA) is 75.1 Å². The van der Waals surface area contributed by atoms with E-state index in [0.717, 1.165) is 5.56 Å². The van der Waals surface area contributed by atoms with E-state index < -0.39 is 5.97 Å². The number of carboxylic acids is 1. The fourth-order valence-corrected chi connectivity index (χ4v) is 1.60. The SMILES string of the molecule is CC(Nc1cc(C(=O)O)ccn1)c1ccncc1. The molecule has 0 aliphatic heterocycles. The molecule has 18 heavy (non-hydrogen) atoms. The second-order valence-electron chi connectivity index (χ2n) is 3.88. The molecule has 2 N–H and O–H groups in total. The summed E-state index contributed by atoms with van der Waals surface area (Å²) in [7, 11) is 0. The van der Waals surface area contributed by atoms with Crippen LogP contribution in [-0.4, -0.2) is 21.0 Å². The number of hydrogen-bond donors (Lipinski definition) is 2. The molecular weight excluding hydrogens is 230 g/mol. The first-order chi connectivity index (χ1) is 8.66. The number of nitrogens with zero attached hydrogens (tertiary/aromatic N) is 2. The summed E-state index contributed by atoms with van der Waals surface area (Å²) >= 11 is 0. The summed E-state index contributed by atoms with van der Waals surface area (Å²) < 4.78 is 0. The van der Waals surface area contributed by atoms with Gasteiger partial charge in [0.1, 0.15) is 5.82 Å². The van der Waals surface area contributed by atoms with Gasteiger partial charge < -0.3 is 10.4 Å². The van der Waals surface area contributed by atoms with Crippen molar-refractivity contribution in [2.45, 2.75) is 13.0 Å². The van der Waals surface area contributed by atoms with Crippen LogP contribution in [0.15, 0.2) is 42.9 Å². The van der Waals surface area contributed by atoms with Crippen molar-refractivity contribution in [3.8, 4) is 0 Å². The zero-order valence-corrected chi connectivity index (χ0v) is 9.87. The molecule has 92 valence electrons. The first-order valence-electron chi connectivity index (χ1n) is 5.52. The van der Waals surface area contributed by atoms with Crippen molar-refractivity contribution < 1.29 is 9.90 Å². The summed E-state index contributed by atoms with van der Waals surface area (Å²) in [6, 6.07) is 6.81. The van der Waals surface area contributed by atoms with Crippen molar-refractivity contribution in [1.82, 2.24) is 9.97 Å². The summed E-state index contributed by atoms with van der Waals surface area (Å²) in [6.45, 7) is 1.98. The molecule has 0 radical (unpaired) electrons. The summed E-state index contributed by atoms with van der Waals surface area (Å²) in [5, 5.41) is 12.0. The van der Waals surface area contributed by atoms with Crippen LogP contribution in [0, 0.1) is 0 Å². The van der Waals surface area contributed by atoms with Gasteiger partial charge in [-0.15, -0.1) is 0 Å². The molecule has 0 saturated carbocycles. The van der Waals surface area contributed by atoms with Gasteiger partial charge in [0.25, 0.3) is 0 Å². The molecule has 0 aromatic carbocycles. The van der Waals surface area contributed by atoms with E-state index in [1.165, 1.54) is 18.3 Å². The predicted octanol–water partition coefficient (Wildman–Crippen LogP) is 2.35. The van der Waals surface area contributed by atoms with Gasteiger partial charge in [-0.05, 0) is 36.8 Å². The Morgan fingerprint density at radius 1 is 1.28 bits per heavy atom. The Morgan fingerprint density at radius 3 is 2.67 bits per heavy atom. The number of pyridine rings is 2. The standard InChI is InChI=1S/C13H13N3O2/c1-9(10-2-5-14-6-3-10)16-12-8-11(13(17)18)4-7-15-12/h2-9H,1H3,(H,15,16)(H,17,18). The molecular formula is C13H13N3O2. The number of anilines is 1. The summed E-state index contributed by atoms with van der Waals surface area (Å²) in [5.41, 5.74) is 1.28. The van der Waals surface area contributed by atoms with Crippen LogP contribution in [0.25, 0.3) is 0 Å². The van der Waals surface area contributed by atoms with E-state index in [1.807, 2.05) is 19.1 Å². The van der Waals surface area contributed by atoms with Crippen LogP contribution in [0.4, 0.5) is 5.82 Å². The molecule has 0 saturated heterocycles. The first-order valence-corrected chi connectivity index (χ1v) is 5.52. The van der Waals surface area contributed by atoms with Crippen molar-refractivity contribution in [2.24, 2.45) is 0 Å². The van der Waals surface area contributed by atoms with Gasteiger partial charge in [-0.25, -0.2) is 9.78 Å². The highest BCUT2D eigenvalue weighted by atomic mass is 16.4. The van der Waals surface area contributed by atoms with Crippen LogP contribution in [0.2, 0.25) is 0 Å². The van der Waals surface area contributed by atoms with Crippen LogP contribution in [-0.2, 0) is 0 Å². The zero-order valence-electron chi connectivity index (χ0n) is 9.87. The molecule has 5 nitrogen and oxygen atoms in total. The van der Waals surface area contributed by atoms with Gasteiger partial charge in [0, 0.05) is 18.6 Å². The highest BCUT2D eigenvalue weighted by Crippen LogP contribution is 2.17. The number of rotatable bonds is 4. The summed E-state index contributed by atoms with van der Waals surface area (Å²) in [4.78, 5) is 18.9. The molecule has 2 aromatic rings. The van der Waals surface area contributed by atoms with Crippen LogP contribution >= 0.6 is 0 Å². The van der Waals surface area contributed by atoms with Crippen LogP contribution in [0.5, 0.6) is 0 Å². The number of carbonyl (C=O) groups is 1. The molecule has 0 aliphatic carbocycles. The van der Waals surface area contributed by atoms with E-state index in [4.69, 9.17) is 5.11 Å². The molecule has 0 amide bonds. The van der Waals surface area contributed by atoms with Crippen molar-refractivity contribution >= 4 is 11.8 Å². The van der Waals surface area contributed by atoms with Crippen LogP contribution in [0.3, 0.4) is 0 Å². The molecule has 0 bridgehead atoms. The lowest BCUT2D eigenvalue weighted by Gasteiger charge is -2.14. The second-order valence-corrected chi connectivity index (χ2v) is 3.88. The molecule has 2 heterocycles. The minimum Gasteiger partial charge on any atom is -0.478 e. The maximum absolute atomic E-state index is 10.8. The third-order valence-corrected chi connectivity index (χ3v) is 2.58. The minimum absolute atomic E-state index is 0.0320. The lowest BCUT2D eigenvalue weighted by Crippen LogP contribution is -2.09. The van der Waals surface area contributed by atoms with E-state index >= 15 is 0 Å². The number of aromatic nitrogens is 2. The Labute approximate surface area is 105 Å². The number of aromatic carboxylic acids is 1. The van der Waals surface area contributed by atoms with Gasteiger partial charge in [-0.3, -0.25) is 4.98 Å². The van der Waals surface area contributed by atoms with Crippen LogP contribution < -0.4 is 5.32 Å². The number of hydrogen-bond acceptors (Lipinski definition) is 4. The normalized spacial score (nSPS) is 11.8. The van der Waals surface area contributed by atoms with Crippen molar-refractivity contribution in [1.29, 1.82) is 0 Å². The van der Waals surface area contributed by atoms with E-state index in [2.05, 4.69) is 15.3 Å². The summed E-state index contributed by atoms with van der Waals surface area (Å²) in [6.07, 6.45) is 4.91. The second kappa shape index (κ2) is 5.27. The Morgan fingerprint density at radius 2 is 2.00 bits per heavy atom. The lowest BCUT2D eigenvalue weighted by molar-refractivity contribution is 0.0697. The third-order valence-electron chi connectivity index (χ3n) is 2.58. The predicted molar refractivity (Wildman–Crippen MR) is 67.5 cm³/mol. The van der Waals surface area contributed by atoms with Crippen molar-refractivity contribution in [3.63, 3.8) is 0 Å². The lowest BCUT2D eigenvalue weighted by atomic mass is 10.1. The van der Waals surface area contributed by atoms with Gasteiger partial charge >= 0.3 is 5.97 Å². The Hall–Kier alpha value is -2.43. The molecule has 5 heteroatoms. The highest BCUT2D eigenvalue weighted by molar-refractivity contribution is 5.88. The van der Waals surface area contributed by atoms with Crippen molar-refractivity contribution in [2.75, 3.05) is 5.32 Å². The van der Waals surface area contributed by atoms with Gasteiger partial charge in [0.05, 0.1) is 11.6 Å². The van der Waals surface area contributed by atoms with Gasteiger partial charge in [-0.1, -0.05) is 0 Å². The largest absolute Gasteiger partial charge is 0.478 e. The molecule has 1 unspecified atom stereocenters. The Bertz CT molecular complexity index is 543. The monoisotopic (exact) mass is 243 g/mol. The third kappa shape index (κ3) is 2.82. The molecule has 0 spiro atoms. The quantitative estimate of drug-likeness (QED) is 0.862. The number of nitrogens with one attached hydrogen (secondary N) is 1. The molecule has 2 rings (SSSR count). The van der Waals surface area contributed by atoms with E-state index in [0.29, 0.717) is 5.82 Å². The van der Waals surface area contributed by atoms with E-state index in [-0.39, 0.29) is 11.6 Å². The highest BCUT2D eigenvalue weighted by Gasteiger charge is 2.08. The maximum atomic E-state index is 10.8. The zero-order chi connectivity index (χ0) is 13.0. The van der Waals surface area contributed by atoms with E-state index in [9.17, 15) is 4.79 Å². The van der Waals surface area contributed by atoms with Gasteiger partial charge in [0.2, 0.25) is 0 Å². The average Bonchev–Trinajstić information content (AvgIpc) is 2.40.